The van der Waals surface area contributed by atoms with Gasteiger partial charge in [0.25, 0.3) is 0 Å². The van der Waals surface area contributed by atoms with Crippen molar-refractivity contribution in [3.63, 3.8) is 0 Å². The van der Waals surface area contributed by atoms with E-state index in [1.165, 1.54) is 25.1 Å². The van der Waals surface area contributed by atoms with Crippen molar-refractivity contribution in [3.05, 3.63) is 18.2 Å². The monoisotopic (exact) mass is 394 g/mol. The van der Waals surface area contributed by atoms with Gasteiger partial charge in [-0.05, 0) is 44.4 Å². The molecule has 3 rings (SSSR count). The smallest absolute Gasteiger partial charge is 0.250 e. The number of sulfonamides is 1. The molecule has 9 heteroatoms. The van der Waals surface area contributed by atoms with E-state index in [1.54, 1.807) is 12.1 Å². The highest BCUT2D eigenvalue weighted by molar-refractivity contribution is 7.89. The number of hydrogen-bond donors (Lipinski definition) is 1. The molecule has 0 spiro atoms. The van der Waals surface area contributed by atoms with E-state index in [-0.39, 0.29) is 29.3 Å². The Bertz CT molecular complexity index is 853. The van der Waals surface area contributed by atoms with Crippen molar-refractivity contribution in [2.24, 2.45) is 0 Å². The molecule has 1 saturated heterocycles. The average molecular weight is 394 g/mol. The summed E-state index contributed by atoms with van der Waals surface area (Å²) in [6.45, 7) is 2.92. The molecule has 0 aromatic heterocycles. The summed E-state index contributed by atoms with van der Waals surface area (Å²) in [5.74, 6) is -0.408. The number of benzene rings is 1. The maximum atomic E-state index is 13.1. The lowest BCUT2D eigenvalue weighted by Gasteiger charge is -2.45. The zero-order valence-corrected chi connectivity index (χ0v) is 16.8. The molecule has 1 fully saturated rings. The summed E-state index contributed by atoms with van der Waals surface area (Å²) in [4.78, 5) is 28.9. The third kappa shape index (κ3) is 3.53. The topological polar surface area (TPSA) is 90.0 Å². The van der Waals surface area contributed by atoms with Gasteiger partial charge in [-0.15, -0.1) is 0 Å². The van der Waals surface area contributed by atoms with Crippen LogP contribution >= 0.6 is 0 Å². The summed E-state index contributed by atoms with van der Waals surface area (Å²) in [6, 6.07) is 4.53. The average Bonchev–Trinajstić information content (AvgIpc) is 2.64. The van der Waals surface area contributed by atoms with Crippen molar-refractivity contribution >= 4 is 33.2 Å². The lowest BCUT2D eigenvalue weighted by atomic mass is 9.96. The molecule has 1 N–H and O–H groups in total. The fourth-order valence-electron chi connectivity index (χ4n) is 3.67. The lowest BCUT2D eigenvalue weighted by molar-refractivity contribution is -0.124. The number of carbonyl (C=O) groups excluding carboxylic acids is 2. The maximum Gasteiger partial charge on any atom is 0.250 e. The van der Waals surface area contributed by atoms with Crippen molar-refractivity contribution in [2.75, 3.05) is 43.5 Å². The molecule has 2 aliphatic rings. The second-order valence-electron chi connectivity index (χ2n) is 7.02. The first kappa shape index (κ1) is 19.6. The molecule has 2 amide bonds. The minimum Gasteiger partial charge on any atom is -0.358 e. The summed E-state index contributed by atoms with van der Waals surface area (Å²) in [6.07, 6.45) is 2.68. The van der Waals surface area contributed by atoms with Gasteiger partial charge in [0.05, 0.1) is 16.3 Å². The Balaban J connectivity index is 2.09. The molecule has 0 radical (unpaired) electrons. The first-order valence-electron chi connectivity index (χ1n) is 9.18. The first-order valence-corrected chi connectivity index (χ1v) is 10.6. The van der Waals surface area contributed by atoms with Gasteiger partial charge >= 0.3 is 0 Å². The molecule has 1 unspecified atom stereocenters. The van der Waals surface area contributed by atoms with Crippen LogP contribution in [0.3, 0.4) is 0 Å². The van der Waals surface area contributed by atoms with Gasteiger partial charge in [0.2, 0.25) is 21.8 Å². The normalized spacial score (nSPS) is 19.7. The lowest BCUT2D eigenvalue weighted by Crippen LogP contribution is -2.57. The number of amides is 2. The number of nitrogens with one attached hydrogen (secondary N) is 1. The number of hydrogen-bond acceptors (Lipinski definition) is 5. The van der Waals surface area contributed by atoms with E-state index < -0.39 is 10.0 Å². The van der Waals surface area contributed by atoms with Crippen LogP contribution in [0.5, 0.6) is 0 Å². The van der Waals surface area contributed by atoms with E-state index >= 15 is 0 Å². The summed E-state index contributed by atoms with van der Waals surface area (Å²) in [5, 5.41) is 2.71. The van der Waals surface area contributed by atoms with Crippen molar-refractivity contribution in [2.45, 2.75) is 37.1 Å². The van der Waals surface area contributed by atoms with Crippen LogP contribution in [0.1, 0.15) is 26.2 Å². The molecular formula is C18H26N4O4S. The first-order chi connectivity index (χ1) is 12.8. The van der Waals surface area contributed by atoms with Crippen molar-refractivity contribution in [3.8, 4) is 0 Å². The number of carbonyl (C=O) groups is 2. The summed E-state index contributed by atoms with van der Waals surface area (Å²) in [5.41, 5.74) is 1.29. The quantitative estimate of drug-likeness (QED) is 0.797. The predicted octanol–water partition coefficient (Wildman–Crippen LogP) is 0.779. The third-order valence-corrected chi connectivity index (χ3v) is 6.87. The van der Waals surface area contributed by atoms with Crippen LogP contribution in [0.2, 0.25) is 0 Å². The SMILES string of the molecule is CCNC(=O)CN1C(=O)C2CCCCN2c2ccc(S(=O)(=O)N(C)C)cc21. The van der Waals surface area contributed by atoms with Crippen LogP contribution in [-0.2, 0) is 19.6 Å². The Morgan fingerprint density at radius 3 is 2.67 bits per heavy atom. The highest BCUT2D eigenvalue weighted by Gasteiger charge is 2.40. The van der Waals surface area contributed by atoms with Gasteiger partial charge < -0.3 is 10.2 Å². The second kappa shape index (κ2) is 7.47. The van der Waals surface area contributed by atoms with Crippen molar-refractivity contribution in [1.29, 1.82) is 0 Å². The minimum absolute atomic E-state index is 0.107. The number of rotatable bonds is 5. The van der Waals surface area contributed by atoms with Crippen LogP contribution in [0, 0.1) is 0 Å². The maximum absolute atomic E-state index is 13.1. The summed E-state index contributed by atoms with van der Waals surface area (Å²) < 4.78 is 26.2. The molecule has 2 heterocycles. The molecular weight excluding hydrogens is 368 g/mol. The molecule has 2 aliphatic heterocycles. The van der Waals surface area contributed by atoms with Crippen LogP contribution in [-0.4, -0.2) is 64.3 Å². The van der Waals surface area contributed by atoms with E-state index in [0.29, 0.717) is 12.2 Å². The number of fused-ring (bicyclic) bond motifs is 3. The van der Waals surface area contributed by atoms with Gasteiger partial charge in [-0.3, -0.25) is 14.5 Å². The molecule has 1 aromatic rings. The Morgan fingerprint density at radius 2 is 2.00 bits per heavy atom. The van der Waals surface area contributed by atoms with Gasteiger partial charge in [0.1, 0.15) is 12.6 Å². The van der Waals surface area contributed by atoms with Gasteiger partial charge in [-0.2, -0.15) is 0 Å². The van der Waals surface area contributed by atoms with E-state index in [1.807, 2.05) is 11.8 Å². The summed E-state index contributed by atoms with van der Waals surface area (Å²) in [7, 11) is -0.712. The fraction of sp³-hybridized carbons (Fsp3) is 0.556. The number of likely N-dealkylation sites (N-methyl/N-ethyl adjacent to an activating group) is 1. The highest BCUT2D eigenvalue weighted by atomic mass is 32.2. The predicted molar refractivity (Wildman–Crippen MR) is 103 cm³/mol. The van der Waals surface area contributed by atoms with E-state index in [2.05, 4.69) is 5.32 Å². The molecule has 0 saturated carbocycles. The fourth-order valence-corrected chi connectivity index (χ4v) is 4.59. The van der Waals surface area contributed by atoms with Crippen molar-refractivity contribution < 1.29 is 18.0 Å². The molecule has 0 bridgehead atoms. The zero-order valence-electron chi connectivity index (χ0n) is 15.9. The highest BCUT2D eigenvalue weighted by Crippen LogP contribution is 2.40. The third-order valence-electron chi connectivity index (χ3n) is 5.06. The van der Waals surface area contributed by atoms with Gasteiger partial charge in [0.15, 0.2) is 0 Å². The van der Waals surface area contributed by atoms with E-state index in [0.717, 1.165) is 35.8 Å². The Morgan fingerprint density at radius 1 is 1.26 bits per heavy atom. The number of anilines is 2. The number of piperidine rings is 1. The second-order valence-corrected chi connectivity index (χ2v) is 9.17. The molecule has 0 aliphatic carbocycles. The van der Waals surface area contributed by atoms with Crippen LogP contribution in [0.4, 0.5) is 11.4 Å². The van der Waals surface area contributed by atoms with Crippen LogP contribution < -0.4 is 15.1 Å². The summed E-state index contributed by atoms with van der Waals surface area (Å²) >= 11 is 0. The standard InChI is InChI=1S/C18H26N4O4S/c1-4-19-17(23)12-22-16-11-13(27(25,26)20(2)3)8-9-14(16)21-10-6-5-7-15(21)18(22)24/h8-9,11,15H,4-7,10,12H2,1-3H3,(H,19,23). The molecule has 148 valence electrons. The minimum atomic E-state index is -3.64. The Kier molecular flexibility index (Phi) is 5.43. The van der Waals surface area contributed by atoms with Crippen LogP contribution in [0.25, 0.3) is 0 Å². The Hall–Kier alpha value is -2.13. The van der Waals surface area contributed by atoms with E-state index in [9.17, 15) is 18.0 Å². The molecule has 1 aromatic carbocycles. The Labute approximate surface area is 160 Å². The van der Waals surface area contributed by atoms with Gasteiger partial charge in [-0.25, -0.2) is 12.7 Å². The number of nitrogens with zero attached hydrogens (tertiary/aromatic N) is 3. The van der Waals surface area contributed by atoms with E-state index in [4.69, 9.17) is 0 Å². The zero-order chi connectivity index (χ0) is 19.8. The largest absolute Gasteiger partial charge is 0.358 e. The molecule has 27 heavy (non-hydrogen) atoms. The van der Waals surface area contributed by atoms with Gasteiger partial charge in [-0.1, -0.05) is 0 Å². The van der Waals surface area contributed by atoms with Gasteiger partial charge in [0, 0.05) is 27.2 Å². The van der Waals surface area contributed by atoms with Crippen molar-refractivity contribution in [1.82, 2.24) is 9.62 Å². The molecule has 1 atom stereocenters. The van der Waals surface area contributed by atoms with Crippen LogP contribution in [0.15, 0.2) is 23.1 Å². The molecule has 8 nitrogen and oxygen atoms in total.